The van der Waals surface area contributed by atoms with Crippen molar-refractivity contribution in [1.29, 1.82) is 0 Å². The van der Waals surface area contributed by atoms with Crippen LogP contribution in [0.3, 0.4) is 0 Å². The molecular weight excluding hydrogens is 293 g/mol. The quantitative estimate of drug-likeness (QED) is 0.684. The maximum atomic E-state index is 12.5. The molecule has 0 aliphatic carbocycles. The summed E-state index contributed by atoms with van der Waals surface area (Å²) in [7, 11) is 0. The molecule has 116 valence electrons. The van der Waals surface area contributed by atoms with Crippen molar-refractivity contribution in [2.24, 2.45) is 0 Å². The molecule has 1 N–H and O–H groups in total. The summed E-state index contributed by atoms with van der Waals surface area (Å²) in [5.41, 5.74) is -1.25. The Morgan fingerprint density at radius 3 is 2.43 bits per heavy atom. The Balaban J connectivity index is 3.27. The van der Waals surface area contributed by atoms with Gasteiger partial charge in [-0.25, -0.2) is 0 Å². The highest BCUT2D eigenvalue weighted by Crippen LogP contribution is 2.27. The van der Waals surface area contributed by atoms with Crippen LogP contribution in [0.25, 0.3) is 0 Å². The smallest absolute Gasteiger partial charge is 0.406 e. The second-order valence-corrected chi connectivity index (χ2v) is 4.60. The number of hydrogen-bond donors (Lipinski definition) is 1. The maximum Gasteiger partial charge on any atom is 0.406 e. The van der Waals surface area contributed by atoms with E-state index >= 15 is 0 Å². The van der Waals surface area contributed by atoms with E-state index < -0.39 is 46.6 Å². The van der Waals surface area contributed by atoms with E-state index in [1.165, 1.54) is 13.8 Å². The third kappa shape index (κ3) is 4.33. The fraction of sp³-hybridized carbons (Fsp3) is 0.417. The minimum Gasteiger partial charge on any atom is -0.508 e. The Bertz CT molecular complexity index is 558. The molecule has 0 aromatic heterocycles. The van der Waals surface area contributed by atoms with E-state index in [4.69, 9.17) is 0 Å². The van der Waals surface area contributed by atoms with Gasteiger partial charge >= 0.3 is 6.18 Å². The van der Waals surface area contributed by atoms with Crippen LogP contribution in [0.5, 0.6) is 5.75 Å². The van der Waals surface area contributed by atoms with Gasteiger partial charge in [-0.3, -0.25) is 14.9 Å². The van der Waals surface area contributed by atoms with Crippen molar-refractivity contribution in [3.63, 3.8) is 0 Å². The van der Waals surface area contributed by atoms with Crippen molar-refractivity contribution in [3.05, 3.63) is 33.9 Å². The highest BCUT2D eigenvalue weighted by molar-refractivity contribution is 5.98. The number of nitro benzene ring substituents is 1. The summed E-state index contributed by atoms with van der Waals surface area (Å²) in [5.74, 6) is -1.61. The third-order valence-corrected chi connectivity index (χ3v) is 2.64. The lowest BCUT2D eigenvalue weighted by molar-refractivity contribution is -0.385. The normalized spacial score (nSPS) is 11.5. The zero-order chi connectivity index (χ0) is 16.4. The van der Waals surface area contributed by atoms with Gasteiger partial charge in [-0.15, -0.1) is 0 Å². The zero-order valence-electron chi connectivity index (χ0n) is 11.2. The number of carbonyl (C=O) groups excluding carboxylic acids is 1. The lowest BCUT2D eigenvalue weighted by Crippen LogP contribution is -2.43. The van der Waals surface area contributed by atoms with E-state index in [0.29, 0.717) is 4.90 Å². The summed E-state index contributed by atoms with van der Waals surface area (Å²) in [6.45, 7) is 1.19. The molecule has 1 aromatic carbocycles. The Morgan fingerprint density at radius 1 is 1.43 bits per heavy atom. The van der Waals surface area contributed by atoms with Crippen LogP contribution in [0.4, 0.5) is 18.9 Å². The minimum atomic E-state index is -4.63. The van der Waals surface area contributed by atoms with Crippen LogP contribution in [0.2, 0.25) is 0 Å². The Labute approximate surface area is 117 Å². The van der Waals surface area contributed by atoms with E-state index in [9.17, 15) is 33.2 Å². The molecule has 0 unspecified atom stereocenters. The summed E-state index contributed by atoms with van der Waals surface area (Å²) < 4.78 is 37.5. The van der Waals surface area contributed by atoms with Gasteiger partial charge in [-0.05, 0) is 26.0 Å². The highest BCUT2D eigenvalue weighted by atomic mass is 19.4. The number of phenolic OH excluding ortho intramolecular Hbond substituents is 1. The monoisotopic (exact) mass is 306 g/mol. The number of amides is 1. The predicted octanol–water partition coefficient (Wildman–Crippen LogP) is 2.71. The second-order valence-electron chi connectivity index (χ2n) is 4.60. The van der Waals surface area contributed by atoms with Crippen molar-refractivity contribution in [2.45, 2.75) is 26.1 Å². The molecule has 1 amide bonds. The number of aromatic hydroxyl groups is 1. The lowest BCUT2D eigenvalue weighted by Gasteiger charge is -2.27. The summed E-state index contributed by atoms with van der Waals surface area (Å²) in [4.78, 5) is 22.6. The molecule has 0 atom stereocenters. The molecule has 9 heteroatoms. The largest absolute Gasteiger partial charge is 0.508 e. The number of nitrogens with zero attached hydrogens (tertiary/aromatic N) is 2. The average molecular weight is 306 g/mol. The topological polar surface area (TPSA) is 83.7 Å². The van der Waals surface area contributed by atoms with Crippen LogP contribution in [0.1, 0.15) is 24.2 Å². The molecule has 0 saturated carbocycles. The van der Waals surface area contributed by atoms with Crippen molar-refractivity contribution in [3.8, 4) is 5.75 Å². The number of phenols is 1. The zero-order valence-corrected chi connectivity index (χ0v) is 11.2. The summed E-state index contributed by atoms with van der Waals surface area (Å²) in [6, 6.07) is 1.82. The molecule has 0 heterocycles. The molecule has 6 nitrogen and oxygen atoms in total. The molecule has 0 fully saturated rings. The van der Waals surface area contributed by atoms with Crippen molar-refractivity contribution < 1.29 is 28.0 Å². The van der Waals surface area contributed by atoms with Gasteiger partial charge in [-0.1, -0.05) is 0 Å². The van der Waals surface area contributed by atoms with Gasteiger partial charge in [0.15, 0.2) is 0 Å². The summed E-state index contributed by atoms with van der Waals surface area (Å²) in [6.07, 6.45) is -4.63. The maximum absolute atomic E-state index is 12.5. The molecule has 0 bridgehead atoms. The number of halogens is 3. The van der Waals surface area contributed by atoms with E-state index in [-0.39, 0.29) is 0 Å². The first-order valence-electron chi connectivity index (χ1n) is 5.88. The van der Waals surface area contributed by atoms with Crippen molar-refractivity contribution >= 4 is 11.6 Å². The van der Waals surface area contributed by atoms with Crippen LogP contribution in [-0.4, -0.2) is 39.6 Å². The second kappa shape index (κ2) is 5.98. The Morgan fingerprint density at radius 2 is 2.00 bits per heavy atom. The van der Waals surface area contributed by atoms with Gasteiger partial charge in [0.2, 0.25) is 0 Å². The highest BCUT2D eigenvalue weighted by Gasteiger charge is 2.36. The van der Waals surface area contributed by atoms with Crippen molar-refractivity contribution in [2.75, 3.05) is 6.54 Å². The van der Waals surface area contributed by atoms with E-state index in [2.05, 4.69) is 0 Å². The van der Waals surface area contributed by atoms with Crippen LogP contribution in [0.15, 0.2) is 18.2 Å². The number of nitro groups is 1. The number of rotatable bonds is 4. The van der Waals surface area contributed by atoms with Gasteiger partial charge in [0, 0.05) is 12.1 Å². The standard InChI is InChI=1S/C12H13F3N2O4/c1-7(2)16(6-12(13,14)15)11(19)9-5-8(18)3-4-10(9)17(20)21/h3-5,7,18H,6H2,1-2H3. The third-order valence-electron chi connectivity index (χ3n) is 2.64. The fourth-order valence-corrected chi connectivity index (χ4v) is 1.69. The fourth-order valence-electron chi connectivity index (χ4n) is 1.69. The summed E-state index contributed by atoms with van der Waals surface area (Å²) in [5, 5.41) is 20.2. The van der Waals surface area contributed by atoms with E-state index in [1.54, 1.807) is 0 Å². The molecule has 0 spiro atoms. The predicted molar refractivity (Wildman–Crippen MR) is 67.0 cm³/mol. The van der Waals surface area contributed by atoms with Crippen molar-refractivity contribution in [1.82, 2.24) is 4.90 Å². The van der Waals surface area contributed by atoms with Crippen LogP contribution in [-0.2, 0) is 0 Å². The van der Waals surface area contributed by atoms with Crippen LogP contribution < -0.4 is 0 Å². The molecule has 1 rings (SSSR count). The first-order valence-corrected chi connectivity index (χ1v) is 5.88. The van der Waals surface area contributed by atoms with Gasteiger partial charge in [0.25, 0.3) is 11.6 Å². The van der Waals surface area contributed by atoms with Crippen LogP contribution >= 0.6 is 0 Å². The minimum absolute atomic E-state index is 0.445. The first kappa shape index (κ1) is 16.7. The average Bonchev–Trinajstić information content (AvgIpc) is 2.33. The van der Waals surface area contributed by atoms with E-state index in [0.717, 1.165) is 18.2 Å². The Hall–Kier alpha value is -2.32. The number of carbonyl (C=O) groups is 1. The molecule has 0 radical (unpaired) electrons. The SMILES string of the molecule is CC(C)N(CC(F)(F)F)C(=O)c1cc(O)ccc1[N+](=O)[O-]. The molecule has 0 aliphatic rings. The van der Waals surface area contributed by atoms with Gasteiger partial charge in [-0.2, -0.15) is 13.2 Å². The number of alkyl halides is 3. The van der Waals surface area contributed by atoms with Crippen LogP contribution in [0, 0.1) is 10.1 Å². The van der Waals surface area contributed by atoms with Gasteiger partial charge < -0.3 is 10.0 Å². The molecule has 21 heavy (non-hydrogen) atoms. The van der Waals surface area contributed by atoms with Gasteiger partial charge in [0.05, 0.1) is 4.92 Å². The molecular formula is C12H13F3N2O4. The van der Waals surface area contributed by atoms with E-state index in [1.807, 2.05) is 0 Å². The lowest BCUT2D eigenvalue weighted by atomic mass is 10.1. The molecule has 0 saturated heterocycles. The first-order chi connectivity index (χ1) is 9.53. The summed E-state index contributed by atoms with van der Waals surface area (Å²) >= 11 is 0. The Kier molecular flexibility index (Phi) is 4.77. The molecule has 1 aromatic rings. The molecule has 0 aliphatic heterocycles. The number of hydrogen-bond acceptors (Lipinski definition) is 4. The number of benzene rings is 1. The van der Waals surface area contributed by atoms with Gasteiger partial charge in [0.1, 0.15) is 17.9 Å².